The number of nitro groups is 1. The molecule has 1 aromatic heterocycles. The molecule has 0 unspecified atom stereocenters. The first-order chi connectivity index (χ1) is 10.4. The van der Waals surface area contributed by atoms with Crippen LogP contribution in [0.3, 0.4) is 0 Å². The highest BCUT2D eigenvalue weighted by Gasteiger charge is 2.24. The van der Waals surface area contributed by atoms with E-state index in [-0.39, 0.29) is 5.84 Å². The Morgan fingerprint density at radius 3 is 2.91 bits per heavy atom. The number of carbonyl (C=O) groups is 1. The second-order valence-electron chi connectivity index (χ2n) is 4.26. The Labute approximate surface area is 123 Å². The van der Waals surface area contributed by atoms with Crippen molar-refractivity contribution in [3.8, 4) is 0 Å². The van der Waals surface area contributed by atoms with Gasteiger partial charge < -0.3 is 16.3 Å². The molecule has 0 saturated carbocycles. The molecule has 1 heterocycles. The zero-order valence-electron chi connectivity index (χ0n) is 11.4. The monoisotopic (exact) mass is 304 g/mol. The van der Waals surface area contributed by atoms with Crippen LogP contribution in [0.1, 0.15) is 21.6 Å². The molecule has 10 heteroatoms. The Morgan fingerprint density at radius 1 is 1.50 bits per heavy atom. The number of H-pyrrole nitrogens is 1. The number of nitrogens with zero attached hydrogens (tertiary/aromatic N) is 3. The fraction of sp³-hybridized carbons (Fsp3) is 0.0833. The lowest BCUT2D eigenvalue weighted by molar-refractivity contribution is -0.385. The zero-order valence-corrected chi connectivity index (χ0v) is 11.4. The molecule has 0 fully saturated rings. The predicted molar refractivity (Wildman–Crippen MR) is 77.0 cm³/mol. The highest BCUT2D eigenvalue weighted by Crippen LogP contribution is 2.17. The van der Waals surface area contributed by atoms with Crippen LogP contribution in [0.4, 0.5) is 11.4 Å². The molecule has 1 aromatic carbocycles. The average molecular weight is 304 g/mol. The van der Waals surface area contributed by atoms with E-state index in [0.29, 0.717) is 16.8 Å². The van der Waals surface area contributed by atoms with Crippen LogP contribution in [0.5, 0.6) is 0 Å². The van der Waals surface area contributed by atoms with Crippen molar-refractivity contribution < 1.29 is 14.6 Å². The summed E-state index contributed by atoms with van der Waals surface area (Å²) in [6, 6.07) is 5.00. The van der Waals surface area contributed by atoms with Gasteiger partial charge >= 0.3 is 11.7 Å². The summed E-state index contributed by atoms with van der Waals surface area (Å²) in [6.45, 7) is 1.73. The van der Waals surface area contributed by atoms with Crippen LogP contribution in [0.25, 0.3) is 0 Å². The number of carbonyl (C=O) groups excluding carboxylic acids is 1. The second-order valence-corrected chi connectivity index (χ2v) is 4.26. The molecular formula is C12H12N6O4. The molecule has 114 valence electrons. The first kappa shape index (κ1) is 15.0. The van der Waals surface area contributed by atoms with E-state index in [0.717, 1.165) is 6.20 Å². The summed E-state index contributed by atoms with van der Waals surface area (Å²) in [5.41, 5.74) is 12.2. The number of nitrogens with two attached hydrogens (primary N) is 2. The van der Waals surface area contributed by atoms with Crippen LogP contribution in [0.2, 0.25) is 0 Å². The summed E-state index contributed by atoms with van der Waals surface area (Å²) >= 11 is 0. The smallest absolute Gasteiger partial charge is 0.390 e. The van der Waals surface area contributed by atoms with Gasteiger partial charge in [-0.15, -0.1) is 0 Å². The molecule has 22 heavy (non-hydrogen) atoms. The third-order valence-corrected chi connectivity index (χ3v) is 2.90. The van der Waals surface area contributed by atoms with Crippen molar-refractivity contribution in [3.63, 3.8) is 0 Å². The molecule has 0 aliphatic rings. The molecule has 0 bridgehead atoms. The molecule has 0 radical (unpaired) electrons. The van der Waals surface area contributed by atoms with E-state index in [1.54, 1.807) is 25.1 Å². The summed E-state index contributed by atoms with van der Waals surface area (Å²) in [6.07, 6.45) is 0.895. The van der Waals surface area contributed by atoms with Gasteiger partial charge in [-0.05, 0) is 18.6 Å². The van der Waals surface area contributed by atoms with Gasteiger partial charge in [0.15, 0.2) is 5.84 Å². The normalized spacial score (nSPS) is 11.2. The van der Waals surface area contributed by atoms with E-state index in [9.17, 15) is 14.9 Å². The van der Waals surface area contributed by atoms with Gasteiger partial charge in [0.25, 0.3) is 0 Å². The molecule has 0 aliphatic carbocycles. The van der Waals surface area contributed by atoms with Crippen LogP contribution in [0, 0.1) is 17.0 Å². The van der Waals surface area contributed by atoms with Gasteiger partial charge in [-0.1, -0.05) is 17.3 Å². The summed E-state index contributed by atoms with van der Waals surface area (Å²) < 4.78 is 0. The molecule has 0 spiro atoms. The number of nitrogens with one attached hydrogen (secondary N) is 1. The van der Waals surface area contributed by atoms with E-state index in [2.05, 4.69) is 20.2 Å². The van der Waals surface area contributed by atoms with Gasteiger partial charge in [0.1, 0.15) is 6.20 Å². The van der Waals surface area contributed by atoms with Gasteiger partial charge in [0, 0.05) is 11.3 Å². The third-order valence-electron chi connectivity index (χ3n) is 2.90. The Kier molecular flexibility index (Phi) is 4.02. The maximum absolute atomic E-state index is 11.7. The SMILES string of the molecule is Cc1c(N)cccc1/C(N)=N/OC(=O)c1[nH]ncc1[N+](=O)[O-]. The summed E-state index contributed by atoms with van der Waals surface area (Å²) in [7, 11) is 0. The molecule has 10 nitrogen and oxygen atoms in total. The Balaban J connectivity index is 2.20. The van der Waals surface area contributed by atoms with Crippen molar-refractivity contribution in [2.45, 2.75) is 6.92 Å². The predicted octanol–water partition coefficient (Wildman–Crippen LogP) is 0.686. The van der Waals surface area contributed by atoms with Crippen molar-refractivity contribution in [1.82, 2.24) is 10.2 Å². The molecule has 2 aromatic rings. The fourth-order valence-electron chi connectivity index (χ4n) is 1.68. The molecule has 5 N–H and O–H groups in total. The first-order valence-corrected chi connectivity index (χ1v) is 6.00. The number of hydrogen-bond donors (Lipinski definition) is 3. The molecule has 0 amide bonds. The fourth-order valence-corrected chi connectivity index (χ4v) is 1.68. The Hall–Kier alpha value is -3.43. The quantitative estimate of drug-likeness (QED) is 0.187. The maximum Gasteiger partial charge on any atom is 0.390 e. The Morgan fingerprint density at radius 2 is 2.23 bits per heavy atom. The van der Waals surface area contributed by atoms with Crippen LogP contribution in [-0.2, 0) is 4.84 Å². The first-order valence-electron chi connectivity index (χ1n) is 6.00. The van der Waals surface area contributed by atoms with E-state index in [4.69, 9.17) is 11.5 Å². The van der Waals surface area contributed by atoms with E-state index < -0.39 is 22.3 Å². The number of hydrogen-bond acceptors (Lipinski definition) is 7. The van der Waals surface area contributed by atoms with Gasteiger partial charge in [0.2, 0.25) is 5.69 Å². The summed E-state index contributed by atoms with van der Waals surface area (Å²) in [4.78, 5) is 26.3. The van der Waals surface area contributed by atoms with Crippen molar-refractivity contribution in [2.75, 3.05) is 5.73 Å². The van der Waals surface area contributed by atoms with Crippen LogP contribution in [0.15, 0.2) is 29.6 Å². The molecule has 0 aliphatic heterocycles. The van der Waals surface area contributed by atoms with Gasteiger partial charge in [-0.2, -0.15) is 5.10 Å². The van der Waals surface area contributed by atoms with E-state index in [1.165, 1.54) is 0 Å². The number of amidine groups is 1. The van der Waals surface area contributed by atoms with E-state index >= 15 is 0 Å². The second kappa shape index (κ2) is 5.91. The Bertz CT molecular complexity index is 767. The number of aromatic amines is 1. The lowest BCUT2D eigenvalue weighted by Crippen LogP contribution is -2.17. The van der Waals surface area contributed by atoms with Gasteiger partial charge in [-0.3, -0.25) is 15.2 Å². The lowest BCUT2D eigenvalue weighted by atomic mass is 10.1. The highest BCUT2D eigenvalue weighted by atomic mass is 16.7. The van der Waals surface area contributed by atoms with Crippen molar-refractivity contribution in [2.24, 2.45) is 10.9 Å². The topological polar surface area (TPSA) is 163 Å². The number of nitrogen functional groups attached to an aromatic ring is 1. The third kappa shape index (κ3) is 2.85. The standard InChI is InChI=1S/C12H12N6O4/c1-6-7(3-2-4-8(6)13)11(14)17-22-12(19)10-9(18(20)21)5-15-16-10/h2-5H,13H2,1H3,(H2,14,17)(H,15,16). The largest absolute Gasteiger partial charge is 0.398 e. The molecule has 0 atom stereocenters. The molecule has 0 saturated heterocycles. The minimum absolute atomic E-state index is 0.0830. The van der Waals surface area contributed by atoms with Gasteiger partial charge in [0.05, 0.1) is 4.92 Å². The minimum atomic E-state index is -1.08. The van der Waals surface area contributed by atoms with Crippen molar-refractivity contribution in [1.29, 1.82) is 0 Å². The minimum Gasteiger partial charge on any atom is -0.398 e. The highest BCUT2D eigenvalue weighted by molar-refractivity contribution is 6.00. The number of anilines is 1. The van der Waals surface area contributed by atoms with Crippen LogP contribution < -0.4 is 11.5 Å². The summed E-state index contributed by atoms with van der Waals surface area (Å²) in [5.74, 6) is -1.16. The molecular weight excluding hydrogens is 292 g/mol. The number of oxime groups is 1. The number of rotatable bonds is 4. The van der Waals surface area contributed by atoms with Crippen molar-refractivity contribution >= 4 is 23.2 Å². The zero-order chi connectivity index (χ0) is 16.3. The van der Waals surface area contributed by atoms with Gasteiger partial charge in [-0.25, -0.2) is 4.79 Å². The lowest BCUT2D eigenvalue weighted by Gasteiger charge is -2.06. The maximum atomic E-state index is 11.7. The average Bonchev–Trinajstić information content (AvgIpc) is 2.97. The van der Waals surface area contributed by atoms with Crippen molar-refractivity contribution in [3.05, 3.63) is 51.3 Å². The molecule has 2 rings (SSSR count). The van der Waals surface area contributed by atoms with Crippen LogP contribution >= 0.6 is 0 Å². The van der Waals surface area contributed by atoms with E-state index in [1.807, 2.05) is 0 Å². The number of benzene rings is 1. The summed E-state index contributed by atoms with van der Waals surface area (Å²) in [5, 5.41) is 19.8. The van der Waals surface area contributed by atoms with Crippen LogP contribution in [-0.4, -0.2) is 26.9 Å². The number of aromatic nitrogens is 2.